The van der Waals surface area contributed by atoms with Gasteiger partial charge >= 0.3 is 0 Å². The Morgan fingerprint density at radius 3 is 2.06 bits per heavy atom. The van der Waals surface area contributed by atoms with Crippen LogP contribution >= 0.6 is 0 Å². The molecule has 3 rings (SSSR count). The summed E-state index contributed by atoms with van der Waals surface area (Å²) in [5.41, 5.74) is 4.88. The molecule has 7 atom stereocenters. The first-order chi connectivity index (χ1) is 23.7. The van der Waals surface area contributed by atoms with Gasteiger partial charge in [0, 0.05) is 0 Å². The molecule has 1 N–H and O–H groups in total. The Hall–Kier alpha value is -0.249. The van der Waals surface area contributed by atoms with E-state index < -0.39 is 25.0 Å². The van der Waals surface area contributed by atoms with Crippen LogP contribution in [-0.4, -0.2) is 41.5 Å². The minimum atomic E-state index is -2.35. The Labute approximate surface area is 328 Å². The van der Waals surface area contributed by atoms with E-state index in [-0.39, 0.29) is 21.8 Å². The molecule has 0 amide bonds. The summed E-state index contributed by atoms with van der Waals surface area (Å²) >= 11 is 0. The first kappa shape index (κ1) is 46.1. The van der Waals surface area contributed by atoms with E-state index in [0.29, 0.717) is 23.2 Å². The minimum Gasteiger partial charge on any atom is -0.432 e. The fourth-order valence-electron chi connectivity index (χ4n) is 10.2. The second kappa shape index (κ2) is 17.1. The van der Waals surface area contributed by atoms with Gasteiger partial charge in [-0.2, -0.15) is 0 Å². The van der Waals surface area contributed by atoms with Crippen molar-refractivity contribution in [3.05, 3.63) is 35.5 Å². The molecular formula is C46H88O3Si3. The van der Waals surface area contributed by atoms with Crippen molar-refractivity contribution in [3.63, 3.8) is 0 Å². The van der Waals surface area contributed by atoms with Crippen LogP contribution in [0, 0.1) is 35.0 Å². The molecule has 3 saturated carbocycles. The number of hydrogen-bond donors (Lipinski definition) is 1. The fraction of sp³-hybridized carbons (Fsp3) is 0.870. The Kier molecular flexibility index (Phi) is 15.2. The monoisotopic (exact) mass is 773 g/mol. The molecule has 3 fully saturated rings. The van der Waals surface area contributed by atoms with Crippen LogP contribution in [0.3, 0.4) is 0 Å². The zero-order chi connectivity index (χ0) is 39.7. The van der Waals surface area contributed by atoms with E-state index in [4.69, 9.17) is 15.4 Å². The van der Waals surface area contributed by atoms with Gasteiger partial charge < -0.3 is 13.6 Å². The van der Waals surface area contributed by atoms with Crippen molar-refractivity contribution >= 4 is 25.0 Å². The van der Waals surface area contributed by atoms with Gasteiger partial charge in [-0.15, -0.1) is 0 Å². The molecule has 0 aliphatic heterocycles. The van der Waals surface area contributed by atoms with E-state index >= 15 is 0 Å². The molecule has 302 valence electrons. The molecule has 0 heterocycles. The van der Waals surface area contributed by atoms with Crippen molar-refractivity contribution in [1.82, 2.24) is 0 Å². The van der Waals surface area contributed by atoms with Crippen LogP contribution in [0.1, 0.15) is 154 Å². The van der Waals surface area contributed by atoms with Crippen LogP contribution in [0.15, 0.2) is 35.5 Å². The quantitative estimate of drug-likeness (QED) is 0.125. The maximum Gasteiger partial charge on any atom is 0.192 e. The van der Waals surface area contributed by atoms with E-state index in [1.165, 1.54) is 74.2 Å². The highest BCUT2D eigenvalue weighted by Crippen LogP contribution is 2.60. The Bertz CT molecular complexity index is 1210. The van der Waals surface area contributed by atoms with Crippen LogP contribution < -0.4 is 0 Å². The summed E-state index contributed by atoms with van der Waals surface area (Å²) in [5, 5.41) is 0.0681. The average molecular weight is 773 g/mol. The predicted molar refractivity (Wildman–Crippen MR) is 237 cm³/mol. The summed E-state index contributed by atoms with van der Waals surface area (Å²) in [4.78, 5) is 11.3. The number of fused-ring (bicyclic) bond motifs is 1. The maximum atomic E-state index is 11.3. The molecule has 0 aromatic carbocycles. The smallest absolute Gasteiger partial charge is 0.192 e. The molecule has 0 bridgehead atoms. The highest BCUT2D eigenvalue weighted by atomic mass is 28.4. The lowest BCUT2D eigenvalue weighted by atomic mass is 9.59. The van der Waals surface area contributed by atoms with Crippen molar-refractivity contribution in [2.75, 3.05) is 0 Å². The van der Waals surface area contributed by atoms with Crippen LogP contribution in [0.5, 0.6) is 0 Å². The summed E-state index contributed by atoms with van der Waals surface area (Å²) in [5.74, 6) is 3.28. The summed E-state index contributed by atoms with van der Waals surface area (Å²) in [6.45, 7) is 44.9. The molecule has 0 saturated heterocycles. The van der Waals surface area contributed by atoms with Gasteiger partial charge in [0.05, 0.1) is 11.7 Å². The minimum absolute atomic E-state index is 0.0240. The second-order valence-corrected chi connectivity index (χ2v) is 35.8. The van der Waals surface area contributed by atoms with E-state index in [9.17, 15) is 4.80 Å². The molecule has 0 aromatic rings. The van der Waals surface area contributed by atoms with Gasteiger partial charge in [0.15, 0.2) is 25.0 Å². The highest BCUT2D eigenvalue weighted by molar-refractivity contribution is 6.74. The van der Waals surface area contributed by atoms with E-state index in [2.05, 4.69) is 128 Å². The SMILES string of the molecule is C=C1[C@H](CC(C)(C)[Si](C)(C)O)C/C(=C\C=C2/CCC[C@@]3(C)C2CCC3[C@H](C)[C@@H](C)CCC(C)(C)O[Si](CC)(CC)CC)C[C@H]1O[Si](C)(C)C(C)(C)C. The first-order valence-corrected chi connectivity index (χ1v) is 30.2. The lowest BCUT2D eigenvalue weighted by Gasteiger charge is -2.46. The van der Waals surface area contributed by atoms with Gasteiger partial charge in [0.2, 0.25) is 0 Å². The van der Waals surface area contributed by atoms with Gasteiger partial charge in [-0.3, -0.25) is 0 Å². The number of hydrogen-bond acceptors (Lipinski definition) is 3. The zero-order valence-corrected chi connectivity index (χ0v) is 40.8. The largest absolute Gasteiger partial charge is 0.432 e. The maximum absolute atomic E-state index is 11.3. The number of rotatable bonds is 16. The van der Waals surface area contributed by atoms with Crippen molar-refractivity contribution in [2.45, 2.75) is 220 Å². The molecule has 6 heteroatoms. The summed E-state index contributed by atoms with van der Waals surface area (Å²) < 4.78 is 14.2. The molecule has 3 aliphatic carbocycles. The molecule has 3 nitrogen and oxygen atoms in total. The standard InChI is InChI=1S/C46H88O3Si3/c1-19-52(20-2,21-3)49-44(10,11)30-28-34(4)35(5)40-26-27-41-38(23-22-29-46(40,41)14)25-24-37-31-39(33-45(12,13)50(15,16)47)36(6)42(32-37)48-51(17,18)43(7,8)9/h24-25,34-35,39-42,47H,6,19-23,26-33H2,1-5,7-18H3/b37-24+,38-25+/t34-,35+,39-,40?,41?,42+,46+/m0/s1. The third kappa shape index (κ3) is 10.6. The van der Waals surface area contributed by atoms with Crippen LogP contribution in [0.4, 0.5) is 0 Å². The van der Waals surface area contributed by atoms with Crippen LogP contribution in [-0.2, 0) is 8.85 Å². The topological polar surface area (TPSA) is 38.7 Å². The highest BCUT2D eigenvalue weighted by Gasteiger charge is 2.52. The predicted octanol–water partition coefficient (Wildman–Crippen LogP) is 14.6. The van der Waals surface area contributed by atoms with Crippen LogP contribution in [0.25, 0.3) is 0 Å². The second-order valence-electron chi connectivity index (χ2n) is 21.8. The molecular weight excluding hydrogens is 685 g/mol. The lowest BCUT2D eigenvalue weighted by Crippen LogP contribution is -2.46. The molecule has 0 aromatic heterocycles. The third-order valence-corrected chi connectivity index (χ3v) is 29.1. The van der Waals surface area contributed by atoms with Gasteiger partial charge in [-0.1, -0.05) is 106 Å². The summed E-state index contributed by atoms with van der Waals surface area (Å²) in [6.07, 6.45) is 17.3. The zero-order valence-electron chi connectivity index (χ0n) is 37.8. The molecule has 0 radical (unpaired) electrons. The Morgan fingerprint density at radius 1 is 0.923 bits per heavy atom. The van der Waals surface area contributed by atoms with Crippen molar-refractivity contribution in [3.8, 4) is 0 Å². The molecule has 3 aliphatic rings. The van der Waals surface area contributed by atoms with Gasteiger partial charge in [-0.25, -0.2) is 0 Å². The molecule has 52 heavy (non-hydrogen) atoms. The van der Waals surface area contributed by atoms with E-state index in [1.54, 1.807) is 5.57 Å². The molecule has 2 unspecified atom stereocenters. The first-order valence-electron chi connectivity index (χ1n) is 21.9. The van der Waals surface area contributed by atoms with Gasteiger partial charge in [-0.05, 0) is 173 Å². The third-order valence-electron chi connectivity index (χ3n) is 16.3. The normalized spacial score (nSPS) is 29.8. The summed E-state index contributed by atoms with van der Waals surface area (Å²) in [6, 6.07) is 3.69. The molecule has 0 spiro atoms. The lowest BCUT2D eigenvalue weighted by molar-refractivity contribution is 0.0524. The van der Waals surface area contributed by atoms with Crippen molar-refractivity contribution < 1.29 is 13.6 Å². The van der Waals surface area contributed by atoms with Crippen molar-refractivity contribution in [2.24, 2.45) is 35.0 Å². The van der Waals surface area contributed by atoms with E-state index in [0.717, 1.165) is 31.1 Å². The van der Waals surface area contributed by atoms with Crippen LogP contribution in [0.2, 0.25) is 54.4 Å². The Morgan fingerprint density at radius 2 is 1.52 bits per heavy atom. The van der Waals surface area contributed by atoms with Crippen molar-refractivity contribution in [1.29, 1.82) is 0 Å². The average Bonchev–Trinajstić information content (AvgIpc) is 3.39. The van der Waals surface area contributed by atoms with E-state index in [1.807, 2.05) is 0 Å². The van der Waals surface area contributed by atoms with Gasteiger partial charge in [0.25, 0.3) is 0 Å². The fourth-order valence-corrected chi connectivity index (χ4v) is 15.5. The Balaban J connectivity index is 1.82. The van der Waals surface area contributed by atoms with Gasteiger partial charge in [0.1, 0.15) is 0 Å². The summed E-state index contributed by atoms with van der Waals surface area (Å²) in [7, 11) is -5.95. The number of allylic oxidation sites excluding steroid dienone is 3.